The van der Waals surface area contributed by atoms with E-state index < -0.39 is 11.5 Å². The van der Waals surface area contributed by atoms with Crippen LogP contribution in [0, 0.1) is 0 Å². The lowest BCUT2D eigenvalue weighted by Crippen LogP contribution is -2.53. The summed E-state index contributed by atoms with van der Waals surface area (Å²) in [5.41, 5.74) is 0.979. The molecule has 3 nitrogen and oxygen atoms in total. The maximum atomic E-state index is 12.0. The number of nitrogens with zero attached hydrogens (tertiary/aromatic N) is 1. The quantitative estimate of drug-likeness (QED) is 0.916. The standard InChI is InChI=1S/C18H21NO2/c1-18(17(20)21,19(2)3)16(14-10-6-4-7-11-14)15-12-8-5-9-13-15/h4-13,16H,1-3H3,(H,20,21). The lowest BCUT2D eigenvalue weighted by molar-refractivity contribution is -0.149. The number of carboxylic acid groups (broad SMARTS) is 1. The number of hydrogen-bond acceptors (Lipinski definition) is 2. The number of benzene rings is 2. The van der Waals surface area contributed by atoms with Crippen LogP contribution in [0.2, 0.25) is 0 Å². The highest BCUT2D eigenvalue weighted by Crippen LogP contribution is 2.38. The minimum absolute atomic E-state index is 0.243. The monoisotopic (exact) mass is 283 g/mol. The van der Waals surface area contributed by atoms with E-state index >= 15 is 0 Å². The summed E-state index contributed by atoms with van der Waals surface area (Å²) in [5, 5.41) is 9.85. The molecule has 2 aromatic carbocycles. The Morgan fingerprint density at radius 1 is 0.952 bits per heavy atom. The van der Waals surface area contributed by atoms with Crippen LogP contribution in [0.25, 0.3) is 0 Å². The van der Waals surface area contributed by atoms with Gasteiger partial charge in [0.2, 0.25) is 0 Å². The fourth-order valence-corrected chi connectivity index (χ4v) is 2.71. The van der Waals surface area contributed by atoms with Crippen LogP contribution in [0.15, 0.2) is 60.7 Å². The second kappa shape index (κ2) is 6.10. The molecule has 0 aliphatic carbocycles. The first-order valence-corrected chi connectivity index (χ1v) is 6.98. The zero-order valence-electron chi connectivity index (χ0n) is 12.7. The molecule has 1 N–H and O–H groups in total. The number of rotatable bonds is 5. The number of aliphatic carboxylic acids is 1. The summed E-state index contributed by atoms with van der Waals surface area (Å²) in [7, 11) is 3.62. The Morgan fingerprint density at radius 2 is 1.33 bits per heavy atom. The summed E-state index contributed by atoms with van der Waals surface area (Å²) in [5.74, 6) is -1.07. The third-order valence-corrected chi connectivity index (χ3v) is 4.19. The van der Waals surface area contributed by atoms with Gasteiger partial charge in [0, 0.05) is 5.92 Å². The molecule has 2 rings (SSSR count). The summed E-state index contributed by atoms with van der Waals surface area (Å²) in [6.45, 7) is 1.78. The van der Waals surface area contributed by atoms with Gasteiger partial charge in [-0.1, -0.05) is 60.7 Å². The van der Waals surface area contributed by atoms with Crippen LogP contribution in [0.1, 0.15) is 24.0 Å². The van der Waals surface area contributed by atoms with Gasteiger partial charge in [0.1, 0.15) is 5.54 Å². The zero-order valence-corrected chi connectivity index (χ0v) is 12.7. The van der Waals surface area contributed by atoms with Crippen molar-refractivity contribution in [2.24, 2.45) is 0 Å². The van der Waals surface area contributed by atoms with Crippen molar-refractivity contribution in [3.8, 4) is 0 Å². The predicted molar refractivity (Wildman–Crippen MR) is 84.5 cm³/mol. The molecule has 0 aromatic heterocycles. The minimum Gasteiger partial charge on any atom is -0.480 e. The van der Waals surface area contributed by atoms with Crippen molar-refractivity contribution in [1.29, 1.82) is 0 Å². The molecule has 0 aliphatic rings. The molecule has 0 saturated heterocycles. The predicted octanol–water partition coefficient (Wildman–Crippen LogP) is 3.22. The fourth-order valence-electron chi connectivity index (χ4n) is 2.71. The van der Waals surface area contributed by atoms with Gasteiger partial charge in [-0.2, -0.15) is 0 Å². The van der Waals surface area contributed by atoms with E-state index in [2.05, 4.69) is 0 Å². The van der Waals surface area contributed by atoms with Gasteiger partial charge in [-0.05, 0) is 32.1 Å². The van der Waals surface area contributed by atoms with E-state index in [1.807, 2.05) is 74.8 Å². The normalized spacial score (nSPS) is 14.1. The number of carbonyl (C=O) groups is 1. The van der Waals surface area contributed by atoms with Gasteiger partial charge >= 0.3 is 5.97 Å². The highest BCUT2D eigenvalue weighted by molar-refractivity contribution is 5.81. The second-order valence-electron chi connectivity index (χ2n) is 5.60. The molecule has 21 heavy (non-hydrogen) atoms. The summed E-state index contributed by atoms with van der Waals surface area (Å²) in [4.78, 5) is 13.8. The van der Waals surface area contributed by atoms with Crippen LogP contribution in [0.4, 0.5) is 0 Å². The lowest BCUT2D eigenvalue weighted by atomic mass is 9.75. The Labute approximate surface area is 125 Å². The van der Waals surface area contributed by atoms with Crippen molar-refractivity contribution in [1.82, 2.24) is 4.90 Å². The van der Waals surface area contributed by atoms with Crippen LogP contribution in [0.5, 0.6) is 0 Å². The molecule has 0 saturated carbocycles. The smallest absolute Gasteiger partial charge is 0.324 e. The molecule has 0 amide bonds. The third-order valence-electron chi connectivity index (χ3n) is 4.19. The molecular weight excluding hydrogens is 262 g/mol. The molecule has 2 aromatic rings. The molecule has 0 fully saturated rings. The van der Waals surface area contributed by atoms with Gasteiger partial charge < -0.3 is 5.11 Å². The van der Waals surface area contributed by atoms with Crippen molar-refractivity contribution in [3.05, 3.63) is 71.8 Å². The van der Waals surface area contributed by atoms with Gasteiger partial charge in [-0.25, -0.2) is 0 Å². The van der Waals surface area contributed by atoms with Crippen molar-refractivity contribution in [3.63, 3.8) is 0 Å². The summed E-state index contributed by atoms with van der Waals surface area (Å²) in [6.07, 6.45) is 0. The molecule has 110 valence electrons. The Hall–Kier alpha value is -2.13. The average Bonchev–Trinajstić information content (AvgIpc) is 2.49. The molecule has 0 aliphatic heterocycles. The number of hydrogen-bond donors (Lipinski definition) is 1. The van der Waals surface area contributed by atoms with Crippen LogP contribution in [-0.4, -0.2) is 35.6 Å². The molecule has 3 heteroatoms. The topological polar surface area (TPSA) is 40.5 Å². The Morgan fingerprint density at radius 3 is 1.62 bits per heavy atom. The van der Waals surface area contributed by atoms with Crippen LogP contribution >= 0.6 is 0 Å². The first kappa shape index (κ1) is 15.3. The van der Waals surface area contributed by atoms with Gasteiger partial charge in [0.05, 0.1) is 0 Å². The lowest BCUT2D eigenvalue weighted by Gasteiger charge is -2.40. The van der Waals surface area contributed by atoms with E-state index in [4.69, 9.17) is 0 Å². The van der Waals surface area contributed by atoms with Crippen molar-refractivity contribution >= 4 is 5.97 Å². The third kappa shape index (κ3) is 2.83. The Kier molecular flexibility index (Phi) is 4.43. The van der Waals surface area contributed by atoms with Crippen LogP contribution in [-0.2, 0) is 4.79 Å². The van der Waals surface area contributed by atoms with Crippen molar-refractivity contribution in [2.75, 3.05) is 14.1 Å². The second-order valence-corrected chi connectivity index (χ2v) is 5.60. The molecule has 0 heterocycles. The van der Waals surface area contributed by atoms with Crippen LogP contribution < -0.4 is 0 Å². The number of carboxylic acids is 1. The molecule has 0 spiro atoms. The summed E-state index contributed by atoms with van der Waals surface area (Å²) in [6, 6.07) is 19.6. The Bertz CT molecular complexity index is 556. The Balaban J connectivity index is 2.64. The zero-order chi connectivity index (χ0) is 15.5. The summed E-state index contributed by atoms with van der Waals surface area (Å²) < 4.78 is 0. The average molecular weight is 283 g/mol. The molecule has 0 radical (unpaired) electrons. The van der Waals surface area contributed by atoms with Gasteiger partial charge in [0.25, 0.3) is 0 Å². The van der Waals surface area contributed by atoms with E-state index in [1.54, 1.807) is 11.8 Å². The SMILES string of the molecule is CN(C)C(C)(C(=O)O)C(c1ccccc1)c1ccccc1. The summed E-state index contributed by atoms with van der Waals surface area (Å²) >= 11 is 0. The maximum absolute atomic E-state index is 12.0. The first-order chi connectivity index (χ1) is 9.98. The minimum atomic E-state index is -1.03. The van der Waals surface area contributed by atoms with Crippen molar-refractivity contribution in [2.45, 2.75) is 18.4 Å². The fraction of sp³-hybridized carbons (Fsp3) is 0.278. The van der Waals surface area contributed by atoms with E-state index in [0.29, 0.717) is 0 Å². The number of likely N-dealkylation sites (N-methyl/N-ethyl adjacent to an activating group) is 1. The molecule has 1 atom stereocenters. The largest absolute Gasteiger partial charge is 0.480 e. The van der Waals surface area contributed by atoms with E-state index in [0.717, 1.165) is 11.1 Å². The van der Waals surface area contributed by atoms with E-state index in [9.17, 15) is 9.90 Å². The molecule has 0 bridgehead atoms. The van der Waals surface area contributed by atoms with Crippen molar-refractivity contribution < 1.29 is 9.90 Å². The first-order valence-electron chi connectivity index (χ1n) is 6.98. The van der Waals surface area contributed by atoms with E-state index in [1.165, 1.54) is 0 Å². The van der Waals surface area contributed by atoms with Crippen LogP contribution in [0.3, 0.4) is 0 Å². The highest BCUT2D eigenvalue weighted by Gasteiger charge is 2.45. The molecular formula is C18H21NO2. The molecule has 1 unspecified atom stereocenters. The van der Waals surface area contributed by atoms with Gasteiger partial charge in [-0.15, -0.1) is 0 Å². The van der Waals surface area contributed by atoms with Gasteiger partial charge in [-0.3, -0.25) is 9.69 Å². The maximum Gasteiger partial charge on any atom is 0.324 e. The van der Waals surface area contributed by atoms with Gasteiger partial charge in [0.15, 0.2) is 0 Å². The van der Waals surface area contributed by atoms with E-state index in [-0.39, 0.29) is 5.92 Å². The highest BCUT2D eigenvalue weighted by atomic mass is 16.4.